The molecule has 2 aromatic rings. The van der Waals surface area contributed by atoms with Crippen molar-refractivity contribution >= 4 is 11.3 Å². The van der Waals surface area contributed by atoms with Gasteiger partial charge in [0.05, 0.1) is 10.4 Å². The summed E-state index contributed by atoms with van der Waals surface area (Å²) in [6, 6.07) is 6.37. The molecule has 0 radical (unpaired) electrons. The van der Waals surface area contributed by atoms with Crippen LogP contribution < -0.4 is 0 Å². The Hall–Kier alpha value is -1.15. The smallest absolute Gasteiger partial charge is 0.0797 e. The molecule has 0 aliphatic heterocycles. The Balaban J connectivity index is 2.64. The number of aromatic nitrogens is 1. The monoisotopic (exact) mass is 189 g/mol. The number of benzene rings is 1. The van der Waals surface area contributed by atoms with Gasteiger partial charge in [-0.3, -0.25) is 4.98 Å². The Morgan fingerprint density at radius 1 is 1.15 bits per heavy atom. The van der Waals surface area contributed by atoms with Gasteiger partial charge in [-0.05, 0) is 30.5 Å². The van der Waals surface area contributed by atoms with E-state index in [1.54, 1.807) is 11.3 Å². The van der Waals surface area contributed by atoms with E-state index in [-0.39, 0.29) is 0 Å². The van der Waals surface area contributed by atoms with Crippen molar-refractivity contribution < 1.29 is 0 Å². The van der Waals surface area contributed by atoms with Gasteiger partial charge < -0.3 is 0 Å². The van der Waals surface area contributed by atoms with Crippen molar-refractivity contribution in [2.75, 3.05) is 0 Å². The number of thiazole rings is 1. The highest BCUT2D eigenvalue weighted by atomic mass is 32.1. The second-order valence-corrected chi connectivity index (χ2v) is 4.02. The molecule has 2 rings (SSSR count). The van der Waals surface area contributed by atoms with E-state index in [1.807, 2.05) is 11.7 Å². The van der Waals surface area contributed by atoms with Crippen LogP contribution in [0.4, 0.5) is 0 Å². The first-order chi connectivity index (χ1) is 6.29. The van der Waals surface area contributed by atoms with Crippen LogP contribution in [-0.2, 0) is 0 Å². The zero-order chi connectivity index (χ0) is 9.26. The van der Waals surface area contributed by atoms with Gasteiger partial charge in [-0.15, -0.1) is 11.3 Å². The Morgan fingerprint density at radius 2 is 1.85 bits per heavy atom. The highest BCUT2D eigenvalue weighted by Gasteiger charge is 2.05. The first kappa shape index (κ1) is 8.45. The predicted octanol–water partition coefficient (Wildman–Crippen LogP) is 3.43. The van der Waals surface area contributed by atoms with Crippen molar-refractivity contribution in [3.05, 3.63) is 41.0 Å². The molecule has 0 aliphatic rings. The number of rotatable bonds is 1. The summed E-state index contributed by atoms with van der Waals surface area (Å²) in [6.07, 6.45) is 1.93. The van der Waals surface area contributed by atoms with Crippen molar-refractivity contribution in [3.8, 4) is 10.4 Å². The van der Waals surface area contributed by atoms with E-state index in [4.69, 9.17) is 0 Å². The van der Waals surface area contributed by atoms with Crippen LogP contribution in [-0.4, -0.2) is 4.98 Å². The zero-order valence-corrected chi connectivity index (χ0v) is 8.56. The van der Waals surface area contributed by atoms with Crippen molar-refractivity contribution in [2.24, 2.45) is 0 Å². The van der Waals surface area contributed by atoms with Gasteiger partial charge in [0.1, 0.15) is 0 Å². The number of hydrogen-bond acceptors (Lipinski definition) is 2. The Morgan fingerprint density at radius 3 is 2.38 bits per heavy atom. The van der Waals surface area contributed by atoms with Crippen LogP contribution in [0.3, 0.4) is 0 Å². The summed E-state index contributed by atoms with van der Waals surface area (Å²) in [5, 5.41) is 0. The molecule has 0 N–H and O–H groups in total. The number of aryl methyl sites for hydroxylation is 2. The van der Waals surface area contributed by atoms with E-state index in [9.17, 15) is 0 Å². The van der Waals surface area contributed by atoms with E-state index in [0.717, 1.165) is 0 Å². The number of hydrogen-bond donors (Lipinski definition) is 0. The standard InChI is InChI=1S/C11H11NS/c1-8-4-3-5-9(2)11(8)10-6-12-7-13-10/h3-7H,1-2H3. The quantitative estimate of drug-likeness (QED) is 0.669. The molecule has 0 atom stereocenters. The molecule has 1 nitrogen and oxygen atoms in total. The molecule has 0 fully saturated rings. The normalized spacial score (nSPS) is 10.3. The lowest BCUT2D eigenvalue weighted by molar-refractivity contribution is 1.37. The SMILES string of the molecule is Cc1cccc(C)c1-c1cncs1. The van der Waals surface area contributed by atoms with E-state index >= 15 is 0 Å². The second-order valence-electron chi connectivity index (χ2n) is 3.13. The molecule has 66 valence electrons. The van der Waals surface area contributed by atoms with Crippen molar-refractivity contribution in [2.45, 2.75) is 13.8 Å². The minimum Gasteiger partial charge on any atom is -0.252 e. The van der Waals surface area contributed by atoms with Gasteiger partial charge in [0, 0.05) is 6.20 Å². The van der Waals surface area contributed by atoms with Crippen LogP contribution in [0.2, 0.25) is 0 Å². The van der Waals surface area contributed by atoms with Gasteiger partial charge in [-0.2, -0.15) is 0 Å². The average Bonchev–Trinajstić information content (AvgIpc) is 2.57. The van der Waals surface area contributed by atoms with Crippen LogP contribution in [0, 0.1) is 13.8 Å². The third-order valence-electron chi connectivity index (χ3n) is 2.16. The van der Waals surface area contributed by atoms with Crippen LogP contribution in [0.25, 0.3) is 10.4 Å². The zero-order valence-electron chi connectivity index (χ0n) is 7.74. The molecule has 1 aromatic heterocycles. The van der Waals surface area contributed by atoms with Gasteiger partial charge >= 0.3 is 0 Å². The molecule has 0 aliphatic carbocycles. The van der Waals surface area contributed by atoms with Crippen molar-refractivity contribution in [1.29, 1.82) is 0 Å². The summed E-state index contributed by atoms with van der Waals surface area (Å²) in [5.41, 5.74) is 5.86. The molecule has 0 bridgehead atoms. The maximum atomic E-state index is 4.10. The fourth-order valence-corrected chi connectivity index (χ4v) is 2.34. The molecule has 2 heteroatoms. The summed E-state index contributed by atoms with van der Waals surface area (Å²) >= 11 is 1.69. The molecular formula is C11H11NS. The molecular weight excluding hydrogens is 178 g/mol. The van der Waals surface area contributed by atoms with Gasteiger partial charge in [0.2, 0.25) is 0 Å². The molecule has 1 heterocycles. The molecule has 0 spiro atoms. The van der Waals surface area contributed by atoms with Crippen molar-refractivity contribution in [1.82, 2.24) is 4.98 Å². The van der Waals surface area contributed by atoms with Crippen LogP contribution in [0.15, 0.2) is 29.9 Å². The largest absolute Gasteiger partial charge is 0.252 e. The Labute approximate surface area is 82.1 Å². The topological polar surface area (TPSA) is 12.9 Å². The Bertz CT molecular complexity index is 384. The van der Waals surface area contributed by atoms with Crippen LogP contribution >= 0.6 is 11.3 Å². The maximum Gasteiger partial charge on any atom is 0.0797 e. The van der Waals surface area contributed by atoms with E-state index < -0.39 is 0 Å². The third kappa shape index (κ3) is 1.49. The first-order valence-corrected chi connectivity index (χ1v) is 5.12. The maximum absolute atomic E-state index is 4.10. The summed E-state index contributed by atoms with van der Waals surface area (Å²) in [7, 11) is 0. The summed E-state index contributed by atoms with van der Waals surface area (Å²) < 4.78 is 0. The molecule has 0 saturated carbocycles. The number of nitrogens with zero attached hydrogens (tertiary/aromatic N) is 1. The van der Waals surface area contributed by atoms with Crippen LogP contribution in [0.5, 0.6) is 0 Å². The average molecular weight is 189 g/mol. The summed E-state index contributed by atoms with van der Waals surface area (Å²) in [4.78, 5) is 5.36. The fraction of sp³-hybridized carbons (Fsp3) is 0.182. The van der Waals surface area contributed by atoms with E-state index in [2.05, 4.69) is 37.0 Å². The van der Waals surface area contributed by atoms with E-state index in [1.165, 1.54) is 21.6 Å². The van der Waals surface area contributed by atoms with Gasteiger partial charge in [-0.25, -0.2) is 0 Å². The molecule has 0 amide bonds. The summed E-state index contributed by atoms with van der Waals surface area (Å²) in [6.45, 7) is 4.28. The molecule has 0 unspecified atom stereocenters. The highest BCUT2D eigenvalue weighted by Crippen LogP contribution is 2.29. The van der Waals surface area contributed by atoms with Crippen molar-refractivity contribution in [3.63, 3.8) is 0 Å². The lowest BCUT2D eigenvalue weighted by Gasteiger charge is -2.05. The highest BCUT2D eigenvalue weighted by molar-refractivity contribution is 7.13. The predicted molar refractivity (Wildman–Crippen MR) is 57.0 cm³/mol. The third-order valence-corrected chi connectivity index (χ3v) is 2.95. The lowest BCUT2D eigenvalue weighted by atomic mass is 10.0. The first-order valence-electron chi connectivity index (χ1n) is 4.24. The molecule has 1 aromatic carbocycles. The summed E-state index contributed by atoms with van der Waals surface area (Å²) in [5.74, 6) is 0. The lowest BCUT2D eigenvalue weighted by Crippen LogP contribution is -1.84. The minimum absolute atomic E-state index is 1.26. The molecule has 0 saturated heterocycles. The Kier molecular flexibility index (Phi) is 2.15. The second kappa shape index (κ2) is 3.30. The van der Waals surface area contributed by atoms with Gasteiger partial charge in [0.15, 0.2) is 0 Å². The van der Waals surface area contributed by atoms with Gasteiger partial charge in [-0.1, -0.05) is 18.2 Å². The fourth-order valence-electron chi connectivity index (χ4n) is 1.54. The minimum atomic E-state index is 1.26. The molecule has 13 heavy (non-hydrogen) atoms. The van der Waals surface area contributed by atoms with Crippen LogP contribution in [0.1, 0.15) is 11.1 Å². The van der Waals surface area contributed by atoms with Gasteiger partial charge in [0.25, 0.3) is 0 Å². The van der Waals surface area contributed by atoms with E-state index in [0.29, 0.717) is 0 Å².